The van der Waals surface area contributed by atoms with Gasteiger partial charge in [0.05, 0.1) is 29.1 Å². The molecule has 0 spiro atoms. The van der Waals surface area contributed by atoms with Gasteiger partial charge in [-0.1, -0.05) is 6.07 Å². The van der Waals surface area contributed by atoms with E-state index in [-0.39, 0.29) is 6.04 Å². The van der Waals surface area contributed by atoms with Crippen LogP contribution in [-0.4, -0.2) is 17.1 Å². The Hall–Kier alpha value is -2.38. The summed E-state index contributed by atoms with van der Waals surface area (Å²) in [6, 6.07) is 6.80. The van der Waals surface area contributed by atoms with Gasteiger partial charge < -0.3 is 20.4 Å². The second kappa shape index (κ2) is 5.19. The minimum atomic E-state index is -0.679. The summed E-state index contributed by atoms with van der Waals surface area (Å²) in [6.07, 6.45) is 0. The lowest BCUT2D eigenvalue weighted by Crippen LogP contribution is -2.29. The second-order valence-corrected chi connectivity index (χ2v) is 5.49. The van der Waals surface area contributed by atoms with Crippen molar-refractivity contribution in [3.8, 4) is 5.75 Å². The van der Waals surface area contributed by atoms with Crippen LogP contribution < -0.4 is 21.6 Å². The zero-order valence-corrected chi connectivity index (χ0v) is 12.0. The Balaban J connectivity index is 2.10. The van der Waals surface area contributed by atoms with E-state index in [9.17, 15) is 9.59 Å². The highest BCUT2D eigenvalue weighted by atomic mass is 32.1. The molecule has 3 rings (SSSR count). The maximum absolute atomic E-state index is 11.4. The number of nitrogens with one attached hydrogen (secondary N) is 2. The minimum absolute atomic E-state index is 0.361. The van der Waals surface area contributed by atoms with Gasteiger partial charge in [0.15, 0.2) is 0 Å². The number of thiophene rings is 1. The number of aromatic nitrogens is 2. The largest absolute Gasteiger partial charge is 0.496 e. The Labute approximate surface area is 123 Å². The smallest absolute Gasteiger partial charge is 0.314 e. The molecule has 0 aliphatic heterocycles. The fourth-order valence-corrected chi connectivity index (χ4v) is 3.07. The number of ether oxygens (including phenoxy) is 1. The first-order valence-corrected chi connectivity index (χ1v) is 7.11. The predicted molar refractivity (Wildman–Crippen MR) is 82.1 cm³/mol. The van der Waals surface area contributed by atoms with Gasteiger partial charge in [-0.15, -0.1) is 11.3 Å². The topological polar surface area (TPSA) is 101 Å². The Kier molecular flexibility index (Phi) is 3.36. The van der Waals surface area contributed by atoms with Crippen LogP contribution in [0.3, 0.4) is 0 Å². The Morgan fingerprint density at radius 1 is 1.14 bits per heavy atom. The normalized spacial score (nSPS) is 12.5. The van der Waals surface area contributed by atoms with E-state index < -0.39 is 11.1 Å². The molecule has 6 nitrogen and oxygen atoms in total. The Morgan fingerprint density at radius 2 is 1.86 bits per heavy atom. The molecule has 1 unspecified atom stereocenters. The van der Waals surface area contributed by atoms with Crippen LogP contribution in [0.5, 0.6) is 5.75 Å². The van der Waals surface area contributed by atoms with Crippen LogP contribution in [0.4, 0.5) is 0 Å². The summed E-state index contributed by atoms with van der Waals surface area (Å²) in [4.78, 5) is 28.6. The van der Waals surface area contributed by atoms with Gasteiger partial charge >= 0.3 is 11.1 Å². The van der Waals surface area contributed by atoms with Crippen molar-refractivity contribution in [2.24, 2.45) is 5.73 Å². The first-order valence-electron chi connectivity index (χ1n) is 6.23. The Morgan fingerprint density at radius 3 is 2.57 bits per heavy atom. The molecular weight excluding hydrogens is 290 g/mol. The molecule has 0 radical (unpaired) electrons. The van der Waals surface area contributed by atoms with Gasteiger partial charge in [0, 0.05) is 0 Å². The lowest BCUT2D eigenvalue weighted by atomic mass is 10.0. The highest BCUT2D eigenvalue weighted by Crippen LogP contribution is 2.33. The zero-order valence-electron chi connectivity index (χ0n) is 11.2. The van der Waals surface area contributed by atoms with Crippen molar-refractivity contribution < 1.29 is 4.74 Å². The van der Waals surface area contributed by atoms with E-state index in [0.29, 0.717) is 11.0 Å². The summed E-state index contributed by atoms with van der Waals surface area (Å²) in [7, 11) is 1.60. The van der Waals surface area contributed by atoms with Crippen LogP contribution in [0.2, 0.25) is 0 Å². The fourth-order valence-electron chi connectivity index (χ4n) is 2.18. The van der Waals surface area contributed by atoms with Crippen molar-refractivity contribution in [2.45, 2.75) is 6.04 Å². The minimum Gasteiger partial charge on any atom is -0.496 e. The number of hydrogen-bond donors (Lipinski definition) is 3. The molecular formula is C14H13N3O3S. The molecule has 21 heavy (non-hydrogen) atoms. The van der Waals surface area contributed by atoms with E-state index in [4.69, 9.17) is 10.5 Å². The molecule has 1 atom stereocenters. The summed E-state index contributed by atoms with van der Waals surface area (Å²) in [5.74, 6) is 0.738. The van der Waals surface area contributed by atoms with E-state index in [2.05, 4.69) is 9.97 Å². The number of rotatable bonds is 3. The van der Waals surface area contributed by atoms with Crippen LogP contribution in [0.25, 0.3) is 11.0 Å². The zero-order chi connectivity index (χ0) is 15.0. The van der Waals surface area contributed by atoms with Gasteiger partial charge in [0.25, 0.3) is 0 Å². The fraction of sp³-hybridized carbons (Fsp3) is 0.143. The average Bonchev–Trinajstić information content (AvgIpc) is 2.95. The molecule has 3 aromatic rings. The standard InChI is InChI=1S/C14H13N3O3S/c1-20-10-4-5-21-12(10)11(15)7-2-3-8-9(6-7)17-14(19)13(18)16-8/h2-6,11H,15H2,1H3,(H,16,18)(H,17,19). The lowest BCUT2D eigenvalue weighted by Gasteiger charge is -2.13. The number of fused-ring (bicyclic) bond motifs is 1. The molecule has 0 saturated heterocycles. The first-order chi connectivity index (χ1) is 10.1. The third kappa shape index (κ3) is 2.37. The summed E-state index contributed by atoms with van der Waals surface area (Å²) in [5.41, 5.74) is 6.85. The van der Waals surface area contributed by atoms with Crippen LogP contribution >= 0.6 is 11.3 Å². The molecule has 0 aliphatic rings. The van der Waals surface area contributed by atoms with E-state index in [0.717, 1.165) is 16.2 Å². The number of aromatic amines is 2. The van der Waals surface area contributed by atoms with Gasteiger partial charge in [-0.05, 0) is 29.1 Å². The van der Waals surface area contributed by atoms with E-state index in [1.807, 2.05) is 17.5 Å². The molecule has 2 heterocycles. The van der Waals surface area contributed by atoms with Crippen molar-refractivity contribution >= 4 is 22.4 Å². The first kappa shape index (κ1) is 13.6. The van der Waals surface area contributed by atoms with Crippen molar-refractivity contribution in [3.63, 3.8) is 0 Å². The molecule has 2 aromatic heterocycles. The van der Waals surface area contributed by atoms with Crippen molar-refractivity contribution in [1.29, 1.82) is 0 Å². The maximum Gasteiger partial charge on any atom is 0.314 e. The molecule has 7 heteroatoms. The molecule has 0 saturated carbocycles. The van der Waals surface area contributed by atoms with Crippen LogP contribution in [-0.2, 0) is 0 Å². The summed E-state index contributed by atoms with van der Waals surface area (Å²) < 4.78 is 5.28. The Bertz CT molecular complexity index is 909. The van der Waals surface area contributed by atoms with Gasteiger partial charge in [0.2, 0.25) is 0 Å². The number of methoxy groups -OCH3 is 1. The summed E-state index contributed by atoms with van der Waals surface area (Å²) >= 11 is 1.51. The van der Waals surface area contributed by atoms with Crippen LogP contribution in [0.1, 0.15) is 16.5 Å². The van der Waals surface area contributed by atoms with Crippen molar-refractivity contribution in [2.75, 3.05) is 7.11 Å². The number of benzene rings is 1. The maximum atomic E-state index is 11.4. The predicted octanol–water partition coefficient (Wildman–Crippen LogP) is 1.33. The van der Waals surface area contributed by atoms with E-state index in [1.165, 1.54) is 11.3 Å². The third-order valence-electron chi connectivity index (χ3n) is 3.27. The monoisotopic (exact) mass is 303 g/mol. The molecule has 0 aliphatic carbocycles. The molecule has 0 amide bonds. The van der Waals surface area contributed by atoms with Crippen LogP contribution in [0.15, 0.2) is 39.2 Å². The second-order valence-electron chi connectivity index (χ2n) is 4.54. The summed E-state index contributed by atoms with van der Waals surface area (Å²) in [6.45, 7) is 0. The van der Waals surface area contributed by atoms with Gasteiger partial charge in [-0.2, -0.15) is 0 Å². The highest BCUT2D eigenvalue weighted by molar-refractivity contribution is 7.10. The SMILES string of the molecule is COc1ccsc1C(N)c1ccc2[nH]c(=O)c(=O)[nH]c2c1. The lowest BCUT2D eigenvalue weighted by molar-refractivity contribution is 0.411. The molecule has 1 aromatic carbocycles. The molecule has 4 N–H and O–H groups in total. The van der Waals surface area contributed by atoms with Crippen molar-refractivity contribution in [1.82, 2.24) is 9.97 Å². The van der Waals surface area contributed by atoms with Gasteiger partial charge in [-0.25, -0.2) is 0 Å². The number of H-pyrrole nitrogens is 2. The van der Waals surface area contributed by atoms with E-state index >= 15 is 0 Å². The van der Waals surface area contributed by atoms with E-state index in [1.54, 1.807) is 19.2 Å². The van der Waals surface area contributed by atoms with Gasteiger partial charge in [-0.3, -0.25) is 9.59 Å². The average molecular weight is 303 g/mol. The summed E-state index contributed by atoms with van der Waals surface area (Å²) in [5, 5.41) is 1.91. The number of hydrogen-bond acceptors (Lipinski definition) is 5. The highest BCUT2D eigenvalue weighted by Gasteiger charge is 2.16. The molecule has 0 fully saturated rings. The third-order valence-corrected chi connectivity index (χ3v) is 4.25. The quantitative estimate of drug-likeness (QED) is 0.635. The van der Waals surface area contributed by atoms with Crippen LogP contribution in [0, 0.1) is 0 Å². The molecule has 108 valence electrons. The van der Waals surface area contributed by atoms with Gasteiger partial charge in [0.1, 0.15) is 5.75 Å². The molecule has 0 bridgehead atoms. The van der Waals surface area contributed by atoms with Crippen molar-refractivity contribution in [3.05, 3.63) is 60.8 Å². The number of nitrogens with two attached hydrogens (primary N) is 1.